The van der Waals surface area contributed by atoms with E-state index in [1.54, 1.807) is 0 Å². The van der Waals surface area contributed by atoms with Gasteiger partial charge in [0.25, 0.3) is 0 Å². The molecule has 2 aromatic rings. The number of hydrogen-bond donors (Lipinski definition) is 0. The smallest absolute Gasteiger partial charge is 0.156 e. The van der Waals surface area contributed by atoms with E-state index in [-0.39, 0.29) is 0 Å². The molecule has 1 atom stereocenters. The predicted octanol–water partition coefficient (Wildman–Crippen LogP) is 2.03. The Kier molecular flexibility index (Phi) is 3.78. The first-order valence-electron chi connectivity index (χ1n) is 7.31. The first-order valence-corrected chi connectivity index (χ1v) is 7.31. The molecule has 0 bridgehead atoms. The van der Waals surface area contributed by atoms with Gasteiger partial charge in [0.15, 0.2) is 5.82 Å². The maximum absolute atomic E-state index is 4.82. The van der Waals surface area contributed by atoms with Crippen molar-refractivity contribution in [3.8, 4) is 5.82 Å². The maximum atomic E-state index is 4.82. The molecular weight excluding hydrogens is 250 g/mol. The molecule has 0 saturated carbocycles. The first kappa shape index (κ1) is 13.2. The van der Waals surface area contributed by atoms with Gasteiger partial charge in [-0.15, -0.1) is 0 Å². The van der Waals surface area contributed by atoms with Crippen LogP contribution >= 0.6 is 0 Å². The highest BCUT2D eigenvalue weighted by atomic mass is 15.1. The summed E-state index contributed by atoms with van der Waals surface area (Å²) in [6.07, 6.45) is 10.8. The summed E-state index contributed by atoms with van der Waals surface area (Å²) in [5.74, 6) is 2.40. The fraction of sp³-hybridized carbons (Fsp3) is 0.533. The number of aryl methyl sites for hydroxylation is 1. The van der Waals surface area contributed by atoms with Crippen molar-refractivity contribution < 1.29 is 0 Å². The molecule has 0 amide bonds. The zero-order chi connectivity index (χ0) is 13.9. The van der Waals surface area contributed by atoms with E-state index in [4.69, 9.17) is 4.98 Å². The number of piperidine rings is 1. The van der Waals surface area contributed by atoms with Gasteiger partial charge in [-0.1, -0.05) is 6.92 Å². The van der Waals surface area contributed by atoms with Gasteiger partial charge in [-0.2, -0.15) is 0 Å². The van der Waals surface area contributed by atoms with Crippen LogP contribution in [0.3, 0.4) is 0 Å². The molecule has 1 saturated heterocycles. The SMILES string of the molecule is CCc1nccn1-c1cncc([C@H]2CCCN(C)C2)n1. The van der Waals surface area contributed by atoms with Crippen LogP contribution in [0.4, 0.5) is 0 Å². The topological polar surface area (TPSA) is 46.8 Å². The van der Waals surface area contributed by atoms with Crippen LogP contribution in [0.5, 0.6) is 0 Å². The lowest BCUT2D eigenvalue weighted by molar-refractivity contribution is 0.248. The summed E-state index contributed by atoms with van der Waals surface area (Å²) in [5, 5.41) is 0. The van der Waals surface area contributed by atoms with Gasteiger partial charge < -0.3 is 4.90 Å². The van der Waals surface area contributed by atoms with Gasteiger partial charge in [0.1, 0.15) is 5.82 Å². The third-order valence-electron chi connectivity index (χ3n) is 3.96. The summed E-state index contributed by atoms with van der Waals surface area (Å²) in [7, 11) is 2.18. The van der Waals surface area contributed by atoms with E-state index >= 15 is 0 Å². The second-order valence-electron chi connectivity index (χ2n) is 5.47. The van der Waals surface area contributed by atoms with Crippen molar-refractivity contribution >= 4 is 0 Å². The van der Waals surface area contributed by atoms with Gasteiger partial charge in [0, 0.05) is 37.5 Å². The summed E-state index contributed by atoms with van der Waals surface area (Å²) in [6.45, 7) is 4.36. The van der Waals surface area contributed by atoms with E-state index < -0.39 is 0 Å². The van der Waals surface area contributed by atoms with E-state index in [9.17, 15) is 0 Å². The summed E-state index contributed by atoms with van der Waals surface area (Å²) < 4.78 is 2.03. The van der Waals surface area contributed by atoms with E-state index in [0.717, 1.165) is 30.3 Å². The number of nitrogens with zero attached hydrogens (tertiary/aromatic N) is 5. The van der Waals surface area contributed by atoms with Crippen molar-refractivity contribution in [3.63, 3.8) is 0 Å². The highest BCUT2D eigenvalue weighted by Crippen LogP contribution is 2.24. The number of likely N-dealkylation sites (tertiary alicyclic amines) is 1. The van der Waals surface area contributed by atoms with Crippen LogP contribution in [-0.4, -0.2) is 44.6 Å². The fourth-order valence-electron chi connectivity index (χ4n) is 2.90. The Bertz CT molecular complexity index is 577. The molecule has 3 heterocycles. The zero-order valence-electron chi connectivity index (χ0n) is 12.2. The predicted molar refractivity (Wildman–Crippen MR) is 78.0 cm³/mol. The van der Waals surface area contributed by atoms with Crippen LogP contribution in [0, 0.1) is 0 Å². The Morgan fingerprint density at radius 1 is 1.35 bits per heavy atom. The molecule has 0 aromatic carbocycles. The molecule has 0 N–H and O–H groups in total. The largest absolute Gasteiger partial charge is 0.306 e. The van der Waals surface area contributed by atoms with Crippen LogP contribution in [0.2, 0.25) is 0 Å². The third-order valence-corrected chi connectivity index (χ3v) is 3.96. The molecule has 5 nitrogen and oxygen atoms in total. The number of likely N-dealkylation sites (N-methyl/N-ethyl adjacent to an activating group) is 1. The molecule has 0 aliphatic carbocycles. The van der Waals surface area contributed by atoms with E-state index in [1.165, 1.54) is 19.4 Å². The molecule has 0 radical (unpaired) electrons. The molecule has 0 spiro atoms. The molecule has 106 valence electrons. The second-order valence-corrected chi connectivity index (χ2v) is 5.47. The van der Waals surface area contributed by atoms with Crippen LogP contribution in [0.1, 0.15) is 37.2 Å². The highest BCUT2D eigenvalue weighted by molar-refractivity contribution is 5.24. The molecular formula is C15H21N5. The van der Waals surface area contributed by atoms with Gasteiger partial charge in [0.05, 0.1) is 11.9 Å². The van der Waals surface area contributed by atoms with Crippen LogP contribution < -0.4 is 0 Å². The van der Waals surface area contributed by atoms with Crippen LogP contribution in [0.15, 0.2) is 24.8 Å². The van der Waals surface area contributed by atoms with Gasteiger partial charge in [-0.25, -0.2) is 9.97 Å². The standard InChI is InChI=1S/C15H21N5/c1-3-14-17-6-8-20(14)15-10-16-9-13(18-15)12-5-4-7-19(2)11-12/h6,8-10,12H,3-5,7,11H2,1-2H3/t12-/m0/s1. The Labute approximate surface area is 119 Å². The maximum Gasteiger partial charge on any atom is 0.156 e. The molecule has 0 unspecified atom stereocenters. The van der Waals surface area contributed by atoms with Crippen molar-refractivity contribution in [1.29, 1.82) is 0 Å². The molecule has 5 heteroatoms. The quantitative estimate of drug-likeness (QED) is 0.857. The van der Waals surface area contributed by atoms with Crippen LogP contribution in [0.25, 0.3) is 5.82 Å². The monoisotopic (exact) mass is 271 g/mol. The van der Waals surface area contributed by atoms with Gasteiger partial charge in [-0.05, 0) is 26.4 Å². The zero-order valence-corrected chi connectivity index (χ0v) is 12.2. The summed E-state index contributed by atoms with van der Waals surface area (Å²) in [4.78, 5) is 15.9. The Morgan fingerprint density at radius 2 is 2.25 bits per heavy atom. The fourth-order valence-corrected chi connectivity index (χ4v) is 2.90. The normalized spacial score (nSPS) is 20.2. The minimum absolute atomic E-state index is 0.495. The lowest BCUT2D eigenvalue weighted by Gasteiger charge is -2.29. The van der Waals surface area contributed by atoms with Crippen molar-refractivity contribution in [2.45, 2.75) is 32.1 Å². The second kappa shape index (κ2) is 5.71. The molecule has 1 fully saturated rings. The Morgan fingerprint density at radius 3 is 3.05 bits per heavy atom. The van der Waals surface area contributed by atoms with Gasteiger partial charge >= 0.3 is 0 Å². The molecule has 1 aliphatic rings. The molecule has 1 aliphatic heterocycles. The van der Waals surface area contributed by atoms with E-state index in [2.05, 4.69) is 28.8 Å². The average molecular weight is 271 g/mol. The minimum atomic E-state index is 0.495. The van der Waals surface area contributed by atoms with E-state index in [1.807, 2.05) is 29.4 Å². The molecule has 3 rings (SSSR count). The van der Waals surface area contributed by atoms with Crippen molar-refractivity contribution in [1.82, 2.24) is 24.4 Å². The Hall–Kier alpha value is -1.75. The van der Waals surface area contributed by atoms with Crippen molar-refractivity contribution in [2.24, 2.45) is 0 Å². The molecule has 20 heavy (non-hydrogen) atoms. The Balaban J connectivity index is 1.89. The van der Waals surface area contributed by atoms with Crippen LogP contribution in [-0.2, 0) is 6.42 Å². The number of aromatic nitrogens is 4. The van der Waals surface area contributed by atoms with Crippen molar-refractivity contribution in [3.05, 3.63) is 36.3 Å². The molecule has 2 aromatic heterocycles. The third kappa shape index (κ3) is 2.58. The summed E-state index contributed by atoms with van der Waals surface area (Å²) in [5.41, 5.74) is 1.10. The van der Waals surface area contributed by atoms with E-state index in [0.29, 0.717) is 5.92 Å². The number of rotatable bonds is 3. The lowest BCUT2D eigenvalue weighted by Crippen LogP contribution is -2.31. The first-order chi connectivity index (χ1) is 9.78. The highest BCUT2D eigenvalue weighted by Gasteiger charge is 2.20. The van der Waals surface area contributed by atoms with Crippen molar-refractivity contribution in [2.75, 3.05) is 20.1 Å². The number of imidazole rings is 1. The number of hydrogen-bond acceptors (Lipinski definition) is 4. The summed E-state index contributed by atoms with van der Waals surface area (Å²) in [6, 6.07) is 0. The minimum Gasteiger partial charge on any atom is -0.306 e. The summed E-state index contributed by atoms with van der Waals surface area (Å²) >= 11 is 0. The average Bonchev–Trinajstić information content (AvgIpc) is 2.96. The van der Waals surface area contributed by atoms with Gasteiger partial charge in [-0.3, -0.25) is 9.55 Å². The lowest BCUT2D eigenvalue weighted by atomic mass is 9.95. The van der Waals surface area contributed by atoms with Gasteiger partial charge in [0.2, 0.25) is 0 Å².